The van der Waals surface area contributed by atoms with Crippen LogP contribution >= 0.6 is 0 Å². The van der Waals surface area contributed by atoms with E-state index in [2.05, 4.69) is 20.4 Å². The van der Waals surface area contributed by atoms with E-state index in [1.807, 2.05) is 6.92 Å². The fraction of sp³-hybridized carbons (Fsp3) is 0.385. The summed E-state index contributed by atoms with van der Waals surface area (Å²) in [4.78, 5) is 47.9. The Kier molecular flexibility index (Phi) is 7.42. The van der Waals surface area contributed by atoms with Gasteiger partial charge in [0.05, 0.1) is 36.2 Å². The van der Waals surface area contributed by atoms with E-state index < -0.39 is 29.9 Å². The van der Waals surface area contributed by atoms with E-state index in [1.54, 1.807) is 44.4 Å². The summed E-state index contributed by atoms with van der Waals surface area (Å²) in [6.45, 7) is 5.48. The maximum absolute atomic E-state index is 14.3. The highest BCUT2D eigenvalue weighted by Crippen LogP contribution is 2.27. The van der Waals surface area contributed by atoms with Crippen LogP contribution in [0.5, 0.6) is 0 Å². The molecule has 1 fully saturated rings. The van der Waals surface area contributed by atoms with Crippen LogP contribution < -0.4 is 5.32 Å². The van der Waals surface area contributed by atoms with Crippen LogP contribution in [0.4, 0.5) is 8.78 Å². The number of aryl methyl sites for hydroxylation is 1. The zero-order valence-electron chi connectivity index (χ0n) is 21.1. The Morgan fingerprint density at radius 2 is 1.89 bits per heavy atom. The third-order valence-electron chi connectivity index (χ3n) is 6.28. The number of Topliss-reactive ketones (excluding diaryl/α,β-unsaturated/α-hetero) is 1. The smallest absolute Gasteiger partial charge is 0.245 e. The van der Waals surface area contributed by atoms with Gasteiger partial charge in [0.2, 0.25) is 11.8 Å². The molecule has 1 saturated heterocycles. The molecule has 37 heavy (non-hydrogen) atoms. The van der Waals surface area contributed by atoms with Gasteiger partial charge in [-0.2, -0.15) is 5.10 Å². The summed E-state index contributed by atoms with van der Waals surface area (Å²) in [6, 6.07) is 4.22. The average molecular weight is 511 g/mol. The third kappa shape index (κ3) is 5.55. The summed E-state index contributed by atoms with van der Waals surface area (Å²) in [7, 11) is 0. The molecule has 3 heterocycles. The summed E-state index contributed by atoms with van der Waals surface area (Å²) in [6.07, 6.45) is 1.72. The van der Waals surface area contributed by atoms with Crippen LogP contribution in [0.15, 0.2) is 42.0 Å². The van der Waals surface area contributed by atoms with Crippen molar-refractivity contribution in [3.05, 3.63) is 53.4 Å². The molecule has 0 bridgehead atoms. The minimum Gasteiger partial charge on any atom is -0.348 e. The van der Waals surface area contributed by atoms with Crippen molar-refractivity contribution in [2.45, 2.75) is 52.9 Å². The van der Waals surface area contributed by atoms with Crippen molar-refractivity contribution in [1.82, 2.24) is 30.0 Å². The lowest BCUT2D eigenvalue weighted by Gasteiger charge is -2.23. The lowest BCUT2D eigenvalue weighted by molar-refractivity contribution is -0.139. The van der Waals surface area contributed by atoms with E-state index >= 15 is 0 Å². The molecule has 0 saturated carbocycles. The van der Waals surface area contributed by atoms with E-state index in [0.29, 0.717) is 22.2 Å². The van der Waals surface area contributed by atoms with Gasteiger partial charge >= 0.3 is 0 Å². The number of fused-ring (bicyclic) bond motifs is 1. The van der Waals surface area contributed by atoms with Crippen molar-refractivity contribution >= 4 is 28.5 Å². The molecule has 4 rings (SSSR count). The van der Waals surface area contributed by atoms with Crippen molar-refractivity contribution in [1.29, 1.82) is 0 Å². The van der Waals surface area contributed by atoms with Crippen LogP contribution in [0, 0.1) is 6.92 Å². The number of halogens is 2. The number of allylic oxidation sites excluding steroid dienone is 1. The fourth-order valence-electron chi connectivity index (χ4n) is 4.25. The summed E-state index contributed by atoms with van der Waals surface area (Å²) in [5.41, 5.74) is 3.26. The summed E-state index contributed by atoms with van der Waals surface area (Å²) >= 11 is 0. The summed E-state index contributed by atoms with van der Waals surface area (Å²) in [5, 5.41) is 7.33. The van der Waals surface area contributed by atoms with Gasteiger partial charge in [0.25, 0.3) is 0 Å². The third-order valence-corrected chi connectivity index (χ3v) is 6.28. The molecular formula is C26H28F2N6O3. The van der Waals surface area contributed by atoms with Crippen LogP contribution in [0.2, 0.25) is 0 Å². The maximum Gasteiger partial charge on any atom is 0.245 e. The first kappa shape index (κ1) is 26.1. The Balaban J connectivity index is 1.59. The van der Waals surface area contributed by atoms with Crippen molar-refractivity contribution < 1.29 is 23.2 Å². The Labute approximate surface area is 212 Å². The Morgan fingerprint density at radius 3 is 2.54 bits per heavy atom. The molecule has 9 nitrogen and oxygen atoms in total. The van der Waals surface area contributed by atoms with Gasteiger partial charge in [-0.05, 0) is 38.5 Å². The van der Waals surface area contributed by atoms with Crippen LogP contribution in [0.25, 0.3) is 22.2 Å². The highest BCUT2D eigenvalue weighted by atomic mass is 19.1. The number of aromatic nitrogens is 4. The molecule has 194 valence electrons. The van der Waals surface area contributed by atoms with Crippen molar-refractivity contribution in [2.75, 3.05) is 13.1 Å². The van der Waals surface area contributed by atoms with Gasteiger partial charge in [-0.15, -0.1) is 0 Å². The van der Waals surface area contributed by atoms with E-state index in [1.165, 1.54) is 11.6 Å². The number of benzene rings is 1. The molecule has 2 aromatic heterocycles. The Bertz CT molecular complexity index is 1400. The summed E-state index contributed by atoms with van der Waals surface area (Å²) in [5.74, 6) is -1.93. The number of amides is 2. The second-order valence-electron chi connectivity index (χ2n) is 9.35. The predicted octanol–water partition coefficient (Wildman–Crippen LogP) is 3.32. The van der Waals surface area contributed by atoms with Crippen LogP contribution in [-0.2, 0) is 16.1 Å². The SMILES string of the molecule is CC(=O)c1nn(CC(=O)N2C[C@H](F)C[C@H]2C(=O)NCC(F)=C(C)C)c2ccc(-c3cnc(C)cn3)cc12. The number of rotatable bonds is 7. The predicted molar refractivity (Wildman–Crippen MR) is 133 cm³/mol. The molecule has 1 aliphatic heterocycles. The first-order valence-electron chi connectivity index (χ1n) is 11.9. The highest BCUT2D eigenvalue weighted by molar-refractivity contribution is 6.06. The van der Waals surface area contributed by atoms with Gasteiger partial charge in [-0.25, -0.2) is 8.78 Å². The standard InChI is InChI=1S/C26H28F2N6O3/c1-14(2)20(28)10-31-26(37)23-8-18(27)12-33(23)24(36)13-34-22-6-5-17(21-11-29-15(3)9-30-21)7-19(22)25(32-34)16(4)35/h5-7,9,11,18,23H,8,10,12-13H2,1-4H3,(H,31,37)/t18-,23+/m1/s1. The largest absolute Gasteiger partial charge is 0.348 e. The Hall–Kier alpha value is -4.02. The van der Waals surface area contributed by atoms with Crippen LogP contribution in [-0.4, -0.2) is 67.5 Å². The highest BCUT2D eigenvalue weighted by Gasteiger charge is 2.40. The second kappa shape index (κ2) is 10.5. The number of carbonyl (C=O) groups excluding carboxylic acids is 3. The Morgan fingerprint density at radius 1 is 1.14 bits per heavy atom. The van der Waals surface area contributed by atoms with Gasteiger partial charge in [0.15, 0.2) is 5.78 Å². The zero-order chi connectivity index (χ0) is 26.9. The quantitative estimate of drug-likeness (QED) is 0.489. The maximum atomic E-state index is 14.3. The normalized spacial score (nSPS) is 17.2. The molecule has 3 aromatic rings. The minimum absolute atomic E-state index is 0.173. The number of ketones is 1. The number of alkyl halides is 1. The van der Waals surface area contributed by atoms with E-state index in [-0.39, 0.29) is 37.5 Å². The van der Waals surface area contributed by atoms with Crippen LogP contribution in [0.3, 0.4) is 0 Å². The molecule has 1 aliphatic rings. The van der Waals surface area contributed by atoms with Gasteiger partial charge < -0.3 is 10.2 Å². The summed E-state index contributed by atoms with van der Waals surface area (Å²) < 4.78 is 29.5. The molecule has 11 heteroatoms. The zero-order valence-corrected chi connectivity index (χ0v) is 21.1. The number of nitrogens with zero attached hydrogens (tertiary/aromatic N) is 5. The topological polar surface area (TPSA) is 110 Å². The van der Waals surface area contributed by atoms with E-state index in [0.717, 1.165) is 16.2 Å². The first-order valence-corrected chi connectivity index (χ1v) is 11.9. The average Bonchev–Trinajstić information content (AvgIpc) is 3.43. The second-order valence-corrected chi connectivity index (χ2v) is 9.35. The van der Waals surface area contributed by atoms with E-state index in [9.17, 15) is 23.2 Å². The molecular weight excluding hydrogens is 482 g/mol. The molecule has 0 radical (unpaired) electrons. The number of likely N-dealkylation sites (tertiary alicyclic amines) is 1. The molecule has 1 aromatic carbocycles. The number of nitrogens with one attached hydrogen (secondary N) is 1. The lowest BCUT2D eigenvalue weighted by atomic mass is 10.1. The van der Waals surface area contributed by atoms with Gasteiger partial charge in [0, 0.05) is 30.5 Å². The van der Waals surface area contributed by atoms with Gasteiger partial charge in [-0.3, -0.25) is 29.0 Å². The number of hydrogen-bond donors (Lipinski definition) is 1. The first-order chi connectivity index (χ1) is 17.5. The molecule has 2 amide bonds. The van der Waals surface area contributed by atoms with E-state index in [4.69, 9.17) is 0 Å². The van der Waals surface area contributed by atoms with Crippen molar-refractivity contribution in [3.63, 3.8) is 0 Å². The van der Waals surface area contributed by atoms with Crippen LogP contribution in [0.1, 0.15) is 43.4 Å². The fourth-order valence-corrected chi connectivity index (χ4v) is 4.25. The lowest BCUT2D eigenvalue weighted by Crippen LogP contribution is -2.47. The van der Waals surface area contributed by atoms with Gasteiger partial charge in [-0.1, -0.05) is 6.07 Å². The number of carbonyl (C=O) groups is 3. The van der Waals surface area contributed by atoms with Gasteiger partial charge in [0.1, 0.15) is 30.3 Å². The number of hydrogen-bond acceptors (Lipinski definition) is 6. The monoisotopic (exact) mass is 510 g/mol. The molecule has 1 N–H and O–H groups in total. The molecule has 0 spiro atoms. The van der Waals surface area contributed by atoms with Crippen molar-refractivity contribution in [2.24, 2.45) is 0 Å². The molecule has 0 unspecified atom stereocenters. The van der Waals surface area contributed by atoms with Crippen molar-refractivity contribution in [3.8, 4) is 11.3 Å². The minimum atomic E-state index is -1.38. The molecule has 2 atom stereocenters. The molecule has 0 aliphatic carbocycles.